The van der Waals surface area contributed by atoms with Gasteiger partial charge >= 0.3 is 0 Å². The molecule has 0 aliphatic carbocycles. The Kier molecular flexibility index (Phi) is 6.55. The molecule has 11 heavy (non-hydrogen) atoms. The van der Waals surface area contributed by atoms with E-state index in [0.29, 0.717) is 5.41 Å². The van der Waals surface area contributed by atoms with Crippen LogP contribution in [0.5, 0.6) is 0 Å². The van der Waals surface area contributed by atoms with Crippen molar-refractivity contribution in [1.82, 2.24) is 0 Å². The van der Waals surface area contributed by atoms with Gasteiger partial charge in [-0.05, 0) is 30.3 Å². The maximum absolute atomic E-state index is 5.91. The summed E-state index contributed by atoms with van der Waals surface area (Å²) >= 11 is 7.83. The van der Waals surface area contributed by atoms with Gasteiger partial charge in [-0.3, -0.25) is 0 Å². The Morgan fingerprint density at radius 3 is 2.36 bits per heavy atom. The molecule has 1 unspecified atom stereocenters. The molecule has 0 bridgehead atoms. The van der Waals surface area contributed by atoms with Crippen LogP contribution >= 0.6 is 23.4 Å². The zero-order chi connectivity index (χ0) is 8.74. The van der Waals surface area contributed by atoms with Gasteiger partial charge in [0.15, 0.2) is 0 Å². The average Bonchev–Trinajstić information content (AvgIpc) is 2.02. The number of halogens is 1. The molecule has 0 aliphatic heterocycles. The van der Waals surface area contributed by atoms with E-state index in [4.69, 9.17) is 11.6 Å². The first-order valence-corrected chi connectivity index (χ1v) is 6.16. The Labute approximate surface area is 80.1 Å². The summed E-state index contributed by atoms with van der Waals surface area (Å²) < 4.78 is 0. The summed E-state index contributed by atoms with van der Waals surface area (Å²) in [5.74, 6) is 2.05. The molecule has 0 aromatic carbocycles. The van der Waals surface area contributed by atoms with Crippen molar-refractivity contribution < 1.29 is 0 Å². The lowest BCUT2D eigenvalue weighted by atomic mass is 9.85. The molecule has 0 amide bonds. The average molecular weight is 195 g/mol. The fourth-order valence-corrected chi connectivity index (χ4v) is 2.17. The highest BCUT2D eigenvalue weighted by Gasteiger charge is 2.20. The Morgan fingerprint density at radius 1 is 1.36 bits per heavy atom. The van der Waals surface area contributed by atoms with E-state index in [2.05, 4.69) is 20.1 Å². The van der Waals surface area contributed by atoms with Gasteiger partial charge in [0.2, 0.25) is 0 Å². The summed E-state index contributed by atoms with van der Waals surface area (Å²) in [6.45, 7) is 4.52. The highest BCUT2D eigenvalue weighted by atomic mass is 35.5. The topological polar surface area (TPSA) is 0 Å². The van der Waals surface area contributed by atoms with Crippen molar-refractivity contribution in [3.05, 3.63) is 0 Å². The zero-order valence-corrected chi connectivity index (χ0v) is 9.39. The van der Waals surface area contributed by atoms with Gasteiger partial charge < -0.3 is 0 Å². The third-order valence-electron chi connectivity index (χ3n) is 2.09. The molecule has 0 aromatic rings. The molecule has 0 saturated heterocycles. The van der Waals surface area contributed by atoms with E-state index >= 15 is 0 Å². The van der Waals surface area contributed by atoms with E-state index in [1.54, 1.807) is 0 Å². The molecular weight excluding hydrogens is 176 g/mol. The minimum atomic E-state index is 0.388. The summed E-state index contributed by atoms with van der Waals surface area (Å²) in [5, 5.41) is 0. The standard InChI is InChI=1S/C9H19ClS/c1-4-5-9(2,8-10)6-7-11-3/h4-8H2,1-3H3. The van der Waals surface area contributed by atoms with Gasteiger partial charge in [-0.2, -0.15) is 11.8 Å². The summed E-state index contributed by atoms with van der Waals surface area (Å²) in [6.07, 6.45) is 5.92. The van der Waals surface area contributed by atoms with Crippen LogP contribution in [0, 0.1) is 5.41 Å². The predicted molar refractivity (Wildman–Crippen MR) is 56.7 cm³/mol. The second-order valence-electron chi connectivity index (χ2n) is 3.44. The number of hydrogen-bond donors (Lipinski definition) is 0. The third kappa shape index (κ3) is 4.97. The Hall–Kier alpha value is 0.640. The third-order valence-corrected chi connectivity index (χ3v) is 3.34. The minimum Gasteiger partial charge on any atom is -0.165 e. The second kappa shape index (κ2) is 6.19. The lowest BCUT2D eigenvalue weighted by molar-refractivity contribution is 0.327. The molecule has 68 valence electrons. The van der Waals surface area contributed by atoms with Crippen LogP contribution in [0.25, 0.3) is 0 Å². The van der Waals surface area contributed by atoms with E-state index in [1.807, 2.05) is 11.8 Å². The maximum atomic E-state index is 5.91. The fourth-order valence-electron chi connectivity index (χ4n) is 1.21. The fraction of sp³-hybridized carbons (Fsp3) is 1.00. The van der Waals surface area contributed by atoms with Crippen molar-refractivity contribution in [2.45, 2.75) is 33.1 Å². The summed E-state index contributed by atoms with van der Waals surface area (Å²) in [4.78, 5) is 0. The monoisotopic (exact) mass is 194 g/mol. The molecule has 0 heterocycles. The quantitative estimate of drug-likeness (QED) is 0.580. The van der Waals surface area contributed by atoms with Crippen LogP contribution in [0.15, 0.2) is 0 Å². The normalized spacial score (nSPS) is 16.4. The molecule has 0 aromatic heterocycles. The molecule has 0 aliphatic rings. The highest BCUT2D eigenvalue weighted by molar-refractivity contribution is 7.98. The molecule has 0 rings (SSSR count). The Bertz CT molecular complexity index is 95.6. The van der Waals surface area contributed by atoms with Gasteiger partial charge in [0.25, 0.3) is 0 Å². The number of rotatable bonds is 6. The van der Waals surface area contributed by atoms with Crippen molar-refractivity contribution in [3.63, 3.8) is 0 Å². The van der Waals surface area contributed by atoms with Gasteiger partial charge in [0, 0.05) is 5.88 Å². The van der Waals surface area contributed by atoms with E-state index < -0.39 is 0 Å². The predicted octanol–water partition coefficient (Wildman–Crippen LogP) is 3.78. The van der Waals surface area contributed by atoms with Crippen LogP contribution in [-0.4, -0.2) is 17.9 Å². The molecule has 1 atom stereocenters. The van der Waals surface area contributed by atoms with E-state index in [0.717, 1.165) is 5.88 Å². The van der Waals surface area contributed by atoms with Gasteiger partial charge in [-0.1, -0.05) is 20.3 Å². The molecule has 0 radical (unpaired) electrons. The maximum Gasteiger partial charge on any atom is 0.0277 e. The van der Waals surface area contributed by atoms with Gasteiger partial charge in [-0.25, -0.2) is 0 Å². The molecule has 0 fully saturated rings. The second-order valence-corrected chi connectivity index (χ2v) is 4.69. The molecule has 0 nitrogen and oxygen atoms in total. The van der Waals surface area contributed by atoms with Crippen LogP contribution in [-0.2, 0) is 0 Å². The molecule has 0 N–H and O–H groups in total. The van der Waals surface area contributed by atoms with Crippen LogP contribution in [0.1, 0.15) is 33.1 Å². The van der Waals surface area contributed by atoms with Crippen molar-refractivity contribution in [2.75, 3.05) is 17.9 Å². The van der Waals surface area contributed by atoms with Crippen molar-refractivity contribution in [1.29, 1.82) is 0 Å². The largest absolute Gasteiger partial charge is 0.165 e. The van der Waals surface area contributed by atoms with Crippen molar-refractivity contribution >= 4 is 23.4 Å². The van der Waals surface area contributed by atoms with Gasteiger partial charge in [0.05, 0.1) is 0 Å². The van der Waals surface area contributed by atoms with E-state index in [1.165, 1.54) is 25.0 Å². The summed E-state index contributed by atoms with van der Waals surface area (Å²) in [5.41, 5.74) is 0.388. The van der Waals surface area contributed by atoms with Crippen LogP contribution in [0.4, 0.5) is 0 Å². The first-order valence-electron chi connectivity index (χ1n) is 4.23. The van der Waals surface area contributed by atoms with Crippen LogP contribution in [0.2, 0.25) is 0 Å². The van der Waals surface area contributed by atoms with Crippen molar-refractivity contribution in [2.24, 2.45) is 5.41 Å². The number of hydrogen-bond acceptors (Lipinski definition) is 1. The first kappa shape index (κ1) is 11.6. The number of alkyl halides is 1. The van der Waals surface area contributed by atoms with Gasteiger partial charge in [-0.15, -0.1) is 11.6 Å². The highest BCUT2D eigenvalue weighted by Crippen LogP contribution is 2.30. The molecule has 0 spiro atoms. The first-order chi connectivity index (χ1) is 5.18. The lowest BCUT2D eigenvalue weighted by Gasteiger charge is -2.26. The smallest absolute Gasteiger partial charge is 0.0277 e. The molecule has 0 saturated carbocycles. The molecular formula is C9H19ClS. The van der Waals surface area contributed by atoms with Gasteiger partial charge in [0.1, 0.15) is 0 Å². The Morgan fingerprint density at radius 2 is 2.00 bits per heavy atom. The Balaban J connectivity index is 3.68. The SMILES string of the molecule is CCCC(C)(CCl)CCSC. The molecule has 2 heteroatoms. The summed E-state index contributed by atoms with van der Waals surface area (Å²) in [6, 6.07) is 0. The van der Waals surface area contributed by atoms with Crippen molar-refractivity contribution in [3.8, 4) is 0 Å². The lowest BCUT2D eigenvalue weighted by Crippen LogP contribution is -2.19. The van der Waals surface area contributed by atoms with E-state index in [9.17, 15) is 0 Å². The zero-order valence-electron chi connectivity index (χ0n) is 7.82. The van der Waals surface area contributed by atoms with Crippen LogP contribution in [0.3, 0.4) is 0 Å². The van der Waals surface area contributed by atoms with E-state index in [-0.39, 0.29) is 0 Å². The summed E-state index contributed by atoms with van der Waals surface area (Å²) in [7, 11) is 0. The van der Waals surface area contributed by atoms with Crippen LogP contribution < -0.4 is 0 Å². The minimum absolute atomic E-state index is 0.388. The number of thioether (sulfide) groups is 1.